The number of likely N-dealkylation sites (N-methyl/N-ethyl adjacent to an activating group) is 1. The minimum Gasteiger partial charge on any atom is -0.504 e. The molecule has 4 atom stereocenters. The molecule has 0 saturated carbocycles. The van der Waals surface area contributed by atoms with Crippen molar-refractivity contribution < 1.29 is 14.6 Å². The number of hydrogen-bond acceptors (Lipinski definition) is 4. The third kappa shape index (κ3) is 1.57. The highest BCUT2D eigenvalue weighted by Crippen LogP contribution is 2.63. The topological polar surface area (TPSA) is 41.9 Å². The first kappa shape index (κ1) is 14.4. The average molecular weight is 325 g/mol. The maximum absolute atomic E-state index is 10.4. The van der Waals surface area contributed by atoms with Crippen LogP contribution in [0.15, 0.2) is 36.3 Å². The van der Waals surface area contributed by atoms with Gasteiger partial charge in [-0.25, -0.2) is 0 Å². The second kappa shape index (κ2) is 4.57. The molecule has 0 aromatic heterocycles. The Bertz CT molecular complexity index is 783. The van der Waals surface area contributed by atoms with Crippen LogP contribution in [-0.4, -0.2) is 35.7 Å². The Morgan fingerprint density at radius 2 is 2.29 bits per heavy atom. The van der Waals surface area contributed by atoms with Crippen LogP contribution in [0, 0.1) is 5.92 Å². The maximum Gasteiger partial charge on any atom is 0.166 e. The third-order valence-corrected chi connectivity index (χ3v) is 6.52. The fourth-order valence-corrected chi connectivity index (χ4v) is 5.61. The molecular weight excluding hydrogens is 302 g/mol. The quantitative estimate of drug-likeness (QED) is 0.849. The lowest BCUT2D eigenvalue weighted by Crippen LogP contribution is -2.63. The summed E-state index contributed by atoms with van der Waals surface area (Å²) in [6, 6.07) is 4.39. The highest BCUT2D eigenvalue weighted by Gasteiger charge is 2.64. The summed E-state index contributed by atoms with van der Waals surface area (Å²) in [6.07, 6.45) is 5.10. The van der Waals surface area contributed by atoms with E-state index in [-0.39, 0.29) is 17.3 Å². The van der Waals surface area contributed by atoms with Crippen LogP contribution in [0.25, 0.3) is 0 Å². The average Bonchev–Trinajstić information content (AvgIpc) is 2.89. The zero-order valence-corrected chi connectivity index (χ0v) is 14.2. The van der Waals surface area contributed by atoms with E-state index >= 15 is 0 Å². The van der Waals surface area contributed by atoms with Gasteiger partial charge in [0.15, 0.2) is 17.6 Å². The molecule has 5 rings (SSSR count). The number of phenolic OH excluding ortho intramolecular Hbond substituents is 1. The summed E-state index contributed by atoms with van der Waals surface area (Å²) in [5.74, 6) is 2.99. The number of phenols is 1. The fraction of sp³-hybridized carbons (Fsp3) is 0.500. The Kier molecular flexibility index (Phi) is 2.74. The number of nitrogens with zero attached hydrogens (tertiary/aromatic N) is 1. The van der Waals surface area contributed by atoms with Gasteiger partial charge in [-0.1, -0.05) is 12.6 Å². The molecule has 2 heterocycles. The maximum atomic E-state index is 10.4. The van der Waals surface area contributed by atoms with Gasteiger partial charge >= 0.3 is 0 Å². The van der Waals surface area contributed by atoms with Gasteiger partial charge in [0.1, 0.15) is 5.76 Å². The zero-order valence-electron chi connectivity index (χ0n) is 14.2. The fourth-order valence-electron chi connectivity index (χ4n) is 5.61. The van der Waals surface area contributed by atoms with E-state index in [1.54, 1.807) is 6.07 Å². The van der Waals surface area contributed by atoms with E-state index in [0.29, 0.717) is 23.5 Å². The van der Waals surface area contributed by atoms with Crippen LogP contribution in [0.5, 0.6) is 11.5 Å². The molecule has 4 nitrogen and oxygen atoms in total. The lowest BCUT2D eigenvalue weighted by atomic mass is 9.53. The Hall–Kier alpha value is -1.94. The molecule has 1 saturated heterocycles. The number of rotatable bonds is 2. The minimum absolute atomic E-state index is 0.0711. The van der Waals surface area contributed by atoms with E-state index in [4.69, 9.17) is 9.47 Å². The van der Waals surface area contributed by atoms with Crippen LogP contribution < -0.4 is 4.74 Å². The van der Waals surface area contributed by atoms with Crippen molar-refractivity contribution in [2.45, 2.75) is 43.7 Å². The summed E-state index contributed by atoms with van der Waals surface area (Å²) in [6.45, 7) is 6.81. The molecule has 4 aliphatic rings. The number of ether oxygens (including phenoxy) is 2. The standard InChI is InChI=1S/C20H23NO3/c1-11(2)23-16-7-5-13-14-10-12-4-6-15(22)18-17(12)20(13,19(16)24-18)8-9-21(14)3/h4,6-7,13-14,19,22H,1,5,8-10H2,2-3H3. The van der Waals surface area contributed by atoms with Crippen LogP contribution in [0.1, 0.15) is 30.9 Å². The normalized spacial score (nSPS) is 35.8. The van der Waals surface area contributed by atoms with Gasteiger partial charge in [0.05, 0.1) is 5.76 Å². The first-order chi connectivity index (χ1) is 11.5. The molecule has 4 heteroatoms. The van der Waals surface area contributed by atoms with Gasteiger partial charge in [0.2, 0.25) is 0 Å². The van der Waals surface area contributed by atoms with Crippen molar-refractivity contribution in [1.82, 2.24) is 4.90 Å². The molecule has 126 valence electrons. The van der Waals surface area contributed by atoms with Crippen molar-refractivity contribution in [1.29, 1.82) is 0 Å². The van der Waals surface area contributed by atoms with E-state index in [1.165, 1.54) is 11.1 Å². The molecule has 0 amide bonds. The Labute approximate surface area is 142 Å². The highest BCUT2D eigenvalue weighted by atomic mass is 16.5. The van der Waals surface area contributed by atoms with Gasteiger partial charge in [-0.3, -0.25) is 0 Å². The summed E-state index contributed by atoms with van der Waals surface area (Å²) in [7, 11) is 2.23. The predicted molar refractivity (Wildman–Crippen MR) is 91.0 cm³/mol. The molecule has 1 fully saturated rings. The van der Waals surface area contributed by atoms with Crippen LogP contribution in [0.2, 0.25) is 0 Å². The van der Waals surface area contributed by atoms with Crippen molar-refractivity contribution in [2.24, 2.45) is 5.92 Å². The van der Waals surface area contributed by atoms with E-state index < -0.39 is 0 Å². The first-order valence-corrected chi connectivity index (χ1v) is 8.78. The van der Waals surface area contributed by atoms with Gasteiger partial charge in [-0.15, -0.1) is 0 Å². The van der Waals surface area contributed by atoms with Gasteiger partial charge < -0.3 is 19.5 Å². The molecule has 2 aliphatic carbocycles. The molecule has 0 radical (unpaired) electrons. The van der Waals surface area contributed by atoms with Crippen molar-refractivity contribution in [3.05, 3.63) is 47.4 Å². The van der Waals surface area contributed by atoms with Crippen molar-refractivity contribution in [3.63, 3.8) is 0 Å². The predicted octanol–water partition coefficient (Wildman–Crippen LogP) is 3.11. The summed E-state index contributed by atoms with van der Waals surface area (Å²) < 4.78 is 12.3. The number of piperidine rings is 1. The molecule has 1 aromatic carbocycles. The molecule has 1 aromatic rings. The third-order valence-electron chi connectivity index (χ3n) is 6.52. The van der Waals surface area contributed by atoms with Gasteiger partial charge in [0.25, 0.3) is 0 Å². The van der Waals surface area contributed by atoms with Crippen LogP contribution >= 0.6 is 0 Å². The Morgan fingerprint density at radius 3 is 3.08 bits per heavy atom. The molecule has 4 unspecified atom stereocenters. The second-order valence-corrected chi connectivity index (χ2v) is 7.74. The number of likely N-dealkylation sites (tertiary alicyclic amines) is 1. The number of hydrogen-bond donors (Lipinski definition) is 1. The van der Waals surface area contributed by atoms with E-state index in [0.717, 1.165) is 31.6 Å². The monoisotopic (exact) mass is 325 g/mol. The largest absolute Gasteiger partial charge is 0.504 e. The second-order valence-electron chi connectivity index (χ2n) is 7.74. The number of benzene rings is 1. The van der Waals surface area contributed by atoms with E-state index in [9.17, 15) is 5.11 Å². The van der Waals surface area contributed by atoms with Crippen molar-refractivity contribution in [2.75, 3.05) is 13.6 Å². The van der Waals surface area contributed by atoms with Crippen LogP contribution in [0.3, 0.4) is 0 Å². The lowest BCUT2D eigenvalue weighted by molar-refractivity contribution is -0.0254. The Balaban J connectivity index is 1.75. The van der Waals surface area contributed by atoms with Crippen LogP contribution in [-0.2, 0) is 16.6 Å². The van der Waals surface area contributed by atoms with E-state index in [1.807, 2.05) is 6.92 Å². The molecule has 2 bridgehead atoms. The molecule has 24 heavy (non-hydrogen) atoms. The SMILES string of the molecule is C=C(C)OC1=CCC2C3Cc4ccc(O)c5c4C2(CCN3C)C1O5. The summed E-state index contributed by atoms with van der Waals surface area (Å²) >= 11 is 0. The molecule has 2 aliphatic heterocycles. The van der Waals surface area contributed by atoms with Gasteiger partial charge in [0, 0.05) is 17.0 Å². The number of allylic oxidation sites excluding steroid dienone is 2. The number of aromatic hydroxyl groups is 1. The minimum atomic E-state index is -0.147. The van der Waals surface area contributed by atoms with E-state index in [2.05, 4.69) is 30.7 Å². The smallest absolute Gasteiger partial charge is 0.166 e. The highest BCUT2D eigenvalue weighted by molar-refractivity contribution is 5.62. The van der Waals surface area contributed by atoms with Gasteiger partial charge in [-0.05, 0) is 63.4 Å². The summed E-state index contributed by atoms with van der Waals surface area (Å²) in [4.78, 5) is 2.50. The summed E-state index contributed by atoms with van der Waals surface area (Å²) in [5.41, 5.74) is 2.51. The first-order valence-electron chi connectivity index (χ1n) is 8.78. The summed E-state index contributed by atoms with van der Waals surface area (Å²) in [5, 5.41) is 10.4. The molecular formula is C20H23NO3. The zero-order chi connectivity index (χ0) is 16.6. The van der Waals surface area contributed by atoms with Crippen LogP contribution in [0.4, 0.5) is 0 Å². The van der Waals surface area contributed by atoms with Crippen molar-refractivity contribution in [3.8, 4) is 11.5 Å². The van der Waals surface area contributed by atoms with Crippen molar-refractivity contribution >= 4 is 0 Å². The molecule has 1 N–H and O–H groups in total. The lowest BCUT2D eigenvalue weighted by Gasteiger charge is -2.56. The Morgan fingerprint density at radius 1 is 1.46 bits per heavy atom. The van der Waals surface area contributed by atoms with Gasteiger partial charge in [-0.2, -0.15) is 0 Å². The molecule has 1 spiro atoms.